The van der Waals surface area contributed by atoms with Crippen molar-refractivity contribution in [1.82, 2.24) is 9.80 Å². The van der Waals surface area contributed by atoms with E-state index in [1.54, 1.807) is 31.1 Å². The number of thiol groups is 1. The summed E-state index contributed by atoms with van der Waals surface area (Å²) in [7, 11) is 7.16. The molecule has 2 amide bonds. The summed E-state index contributed by atoms with van der Waals surface area (Å²) in [6, 6.07) is 13.0. The Labute approximate surface area is 346 Å². The van der Waals surface area contributed by atoms with E-state index in [0.717, 1.165) is 104 Å². The number of guanidine groups is 1. The molecule has 2 fully saturated rings. The van der Waals surface area contributed by atoms with Gasteiger partial charge in [-0.25, -0.2) is 4.99 Å². The zero-order valence-electron chi connectivity index (χ0n) is 33.8. The van der Waals surface area contributed by atoms with Crippen LogP contribution in [0.5, 0.6) is 0 Å². The molecule has 0 bridgehead atoms. The van der Waals surface area contributed by atoms with Gasteiger partial charge in [0, 0.05) is 48.5 Å². The highest BCUT2D eigenvalue weighted by atomic mass is 79.9. The number of ether oxygens (including phenoxy) is 2. The summed E-state index contributed by atoms with van der Waals surface area (Å²) in [5, 5.41) is 0. The average Bonchev–Trinajstić information content (AvgIpc) is 3.79. The summed E-state index contributed by atoms with van der Waals surface area (Å²) in [5.74, 6) is 3.42. The molecule has 2 atom stereocenters. The summed E-state index contributed by atoms with van der Waals surface area (Å²) < 4.78 is 12.2. The number of halogens is 1. The van der Waals surface area contributed by atoms with Crippen LogP contribution in [-0.2, 0) is 43.0 Å². The van der Waals surface area contributed by atoms with Crippen LogP contribution in [0, 0.1) is 10.8 Å². The maximum Gasteiger partial charge on any atom is 0.262 e. The number of methoxy groups -OCH3 is 2. The first-order valence-electron chi connectivity index (χ1n) is 20.0. The molecule has 4 spiro atoms. The number of fused-ring (bicyclic) bond motifs is 6. The minimum atomic E-state index is -0.858. The third-order valence-electron chi connectivity index (χ3n) is 13.3. The molecule has 2 saturated carbocycles. The lowest BCUT2D eigenvalue weighted by Gasteiger charge is -2.45. The topological polar surface area (TPSA) is 110 Å². The second-order valence-electron chi connectivity index (χ2n) is 16.3. The van der Waals surface area contributed by atoms with E-state index in [9.17, 15) is 9.59 Å². The first kappa shape index (κ1) is 42.2. The van der Waals surface area contributed by atoms with Gasteiger partial charge in [-0.3, -0.25) is 19.5 Å². The first-order chi connectivity index (χ1) is 26.3. The molecule has 0 aromatic heterocycles. The maximum atomic E-state index is 13.5. The molecular weight excluding hydrogens is 795 g/mol. The molecule has 55 heavy (non-hydrogen) atoms. The minimum absolute atomic E-state index is 0.0345. The van der Waals surface area contributed by atoms with Crippen molar-refractivity contribution in [3.8, 4) is 0 Å². The third-order valence-corrected chi connectivity index (χ3v) is 15.5. The smallest absolute Gasteiger partial charge is 0.262 e. The Morgan fingerprint density at radius 2 is 1.31 bits per heavy atom. The molecule has 2 aromatic rings. The van der Waals surface area contributed by atoms with E-state index < -0.39 is 11.1 Å². The number of rotatable bonds is 6. The molecule has 8 rings (SSSR count). The van der Waals surface area contributed by atoms with Crippen molar-refractivity contribution in [2.45, 2.75) is 126 Å². The zero-order chi connectivity index (χ0) is 39.8. The normalized spacial score (nSPS) is 31.7. The predicted octanol–water partition coefficient (Wildman–Crippen LogP) is 8.29. The van der Waals surface area contributed by atoms with Crippen LogP contribution in [0.15, 0.2) is 55.8 Å². The number of amides is 2. The minimum Gasteiger partial charge on any atom is -0.381 e. The van der Waals surface area contributed by atoms with Crippen LogP contribution in [-0.4, -0.2) is 85.4 Å². The lowest BCUT2D eigenvalue weighted by atomic mass is 9.61. The van der Waals surface area contributed by atoms with Crippen molar-refractivity contribution < 1.29 is 19.1 Å². The molecule has 9 nitrogen and oxygen atoms in total. The van der Waals surface area contributed by atoms with Gasteiger partial charge >= 0.3 is 0 Å². The van der Waals surface area contributed by atoms with Gasteiger partial charge in [0.1, 0.15) is 5.84 Å². The van der Waals surface area contributed by atoms with Crippen LogP contribution >= 0.6 is 40.3 Å². The van der Waals surface area contributed by atoms with Gasteiger partial charge in [0.25, 0.3) is 11.8 Å². The number of carbonyl (C=O) groups is 2. The molecule has 0 saturated heterocycles. The molecule has 2 aliphatic heterocycles. The quantitative estimate of drug-likeness (QED) is 0.224. The number of amidine groups is 1. The monoisotopic (exact) mass is 853 g/mol. The molecule has 2 unspecified atom stereocenters. The molecular formula is C43H60BrN5O4S2. The third kappa shape index (κ3) is 7.01. The highest BCUT2D eigenvalue weighted by Crippen LogP contribution is 2.63. The summed E-state index contributed by atoms with van der Waals surface area (Å²) in [6.07, 6.45) is 12.5. The highest BCUT2D eigenvalue weighted by molar-refractivity contribution is 9.10. The SMILES string of the molecule is CCCS.CCCSc1ccc2c(c1)C1(N=C(N)N(C)C1=O)C1(CCC(OC)CC1)C2.COC1CCC2(CC1)Cc1ccc(Br)cc1C21N=C(C)N(C)C1=O. The van der Waals surface area contributed by atoms with E-state index in [-0.39, 0.29) is 28.7 Å². The van der Waals surface area contributed by atoms with Crippen LogP contribution in [0.4, 0.5) is 0 Å². The van der Waals surface area contributed by atoms with E-state index in [1.165, 1.54) is 22.4 Å². The van der Waals surface area contributed by atoms with Crippen LogP contribution in [0.3, 0.4) is 0 Å². The summed E-state index contributed by atoms with van der Waals surface area (Å²) >= 11 is 9.35. The molecule has 2 N–H and O–H groups in total. The Kier molecular flexibility index (Phi) is 12.9. The van der Waals surface area contributed by atoms with Crippen molar-refractivity contribution >= 4 is 63.9 Å². The van der Waals surface area contributed by atoms with Crippen molar-refractivity contribution in [1.29, 1.82) is 0 Å². The van der Waals surface area contributed by atoms with Gasteiger partial charge in [0.2, 0.25) is 0 Å². The molecule has 6 aliphatic rings. The Balaban J connectivity index is 0.000000172. The summed E-state index contributed by atoms with van der Waals surface area (Å²) in [4.78, 5) is 41.4. The number of benzene rings is 2. The molecule has 12 heteroatoms. The van der Waals surface area contributed by atoms with Crippen molar-refractivity contribution in [2.75, 3.05) is 39.8 Å². The molecule has 0 radical (unpaired) electrons. The van der Waals surface area contributed by atoms with Crippen LogP contribution in [0.1, 0.15) is 107 Å². The Morgan fingerprint density at radius 3 is 1.75 bits per heavy atom. The average molecular weight is 855 g/mol. The Hall–Kier alpha value is -2.38. The fourth-order valence-electron chi connectivity index (χ4n) is 10.2. The van der Waals surface area contributed by atoms with E-state index in [4.69, 9.17) is 25.2 Å². The Morgan fingerprint density at radius 1 is 0.818 bits per heavy atom. The van der Waals surface area contributed by atoms with Gasteiger partial charge in [0.05, 0.1) is 12.2 Å². The molecule has 2 heterocycles. The predicted molar refractivity (Wildman–Crippen MR) is 230 cm³/mol. The second-order valence-corrected chi connectivity index (χ2v) is 18.8. The standard InChI is InChI=1S/C21H29N3O2S.C19H23BrN2O2.C3H8S/c1-4-11-27-16-6-5-14-13-20(9-7-15(26-3)8-10-20)21(17(14)12-16)18(25)24(2)19(22)23-21;1-12-21-19(17(23)22(12)2)16-10-14(20)5-4-13(16)11-18(19)8-6-15(24-3)7-9-18;1-2-3-4/h5-6,12,15H,4,7-11,13H2,1-3H3,(H2,22,23);4-5,10,15H,6-9,11H2,1-3H3;4H,2-3H2,1H3. The zero-order valence-corrected chi connectivity index (χ0v) is 37.0. The molecule has 300 valence electrons. The van der Waals surface area contributed by atoms with Gasteiger partial charge in [-0.1, -0.05) is 41.9 Å². The Bertz CT molecular complexity index is 1820. The number of likely N-dealkylation sites (N-methyl/N-ethyl adjacent to an activating group) is 2. The number of carbonyl (C=O) groups excluding carboxylic acids is 2. The first-order valence-corrected chi connectivity index (χ1v) is 22.4. The van der Waals surface area contributed by atoms with E-state index >= 15 is 0 Å². The summed E-state index contributed by atoms with van der Waals surface area (Å²) in [5.41, 5.74) is 8.96. The van der Waals surface area contributed by atoms with Gasteiger partial charge in [-0.05, 0) is 142 Å². The number of hydrogen-bond acceptors (Lipinski definition) is 9. The van der Waals surface area contributed by atoms with Crippen molar-refractivity contribution in [3.05, 3.63) is 63.1 Å². The van der Waals surface area contributed by atoms with E-state index in [0.29, 0.717) is 12.1 Å². The van der Waals surface area contributed by atoms with Crippen LogP contribution in [0.2, 0.25) is 0 Å². The fourth-order valence-corrected chi connectivity index (χ4v) is 11.4. The van der Waals surface area contributed by atoms with Gasteiger partial charge in [-0.2, -0.15) is 12.6 Å². The molecule has 2 aromatic carbocycles. The van der Waals surface area contributed by atoms with Crippen LogP contribution in [0.25, 0.3) is 0 Å². The number of thioether (sulfide) groups is 1. The van der Waals surface area contributed by atoms with Crippen molar-refractivity contribution in [3.63, 3.8) is 0 Å². The van der Waals surface area contributed by atoms with Gasteiger partial charge < -0.3 is 20.1 Å². The number of nitrogens with zero attached hydrogens (tertiary/aromatic N) is 4. The lowest BCUT2D eigenvalue weighted by Crippen LogP contribution is -2.51. The summed E-state index contributed by atoms with van der Waals surface area (Å²) in [6.45, 7) is 6.23. The fraction of sp³-hybridized carbons (Fsp3) is 0.628. The highest BCUT2D eigenvalue weighted by Gasteiger charge is 2.67. The maximum absolute atomic E-state index is 13.5. The van der Waals surface area contributed by atoms with E-state index in [2.05, 4.69) is 78.8 Å². The van der Waals surface area contributed by atoms with Gasteiger partial charge in [0.15, 0.2) is 17.0 Å². The second kappa shape index (κ2) is 16.8. The van der Waals surface area contributed by atoms with Gasteiger partial charge in [-0.15, -0.1) is 11.8 Å². The molecule has 4 aliphatic carbocycles. The van der Waals surface area contributed by atoms with E-state index in [1.807, 2.05) is 25.7 Å². The largest absolute Gasteiger partial charge is 0.381 e. The number of nitrogens with two attached hydrogens (primary N) is 1. The number of aliphatic imine (C=N–C) groups is 2. The van der Waals surface area contributed by atoms with Crippen molar-refractivity contribution in [2.24, 2.45) is 26.5 Å². The lowest BCUT2D eigenvalue weighted by molar-refractivity contribution is -0.138. The van der Waals surface area contributed by atoms with Crippen LogP contribution < -0.4 is 5.73 Å². The number of hydrogen-bond donors (Lipinski definition) is 2.